The lowest BCUT2D eigenvalue weighted by Crippen LogP contribution is -2.16. The summed E-state index contributed by atoms with van der Waals surface area (Å²) in [5.41, 5.74) is 2.70. The molecule has 0 spiro atoms. The highest BCUT2D eigenvalue weighted by Gasteiger charge is 2.13. The van der Waals surface area contributed by atoms with Gasteiger partial charge in [-0.15, -0.1) is 0 Å². The van der Waals surface area contributed by atoms with Crippen LogP contribution in [0, 0.1) is 6.92 Å². The summed E-state index contributed by atoms with van der Waals surface area (Å²) >= 11 is 0. The first-order valence-electron chi connectivity index (χ1n) is 8.73. The van der Waals surface area contributed by atoms with E-state index in [-0.39, 0.29) is 31.1 Å². The number of aliphatic hydroxyl groups excluding tert-OH is 1. The number of phenolic OH excluding ortho intramolecular Hbond substituents is 1. The van der Waals surface area contributed by atoms with Crippen LogP contribution in [-0.4, -0.2) is 22.7 Å². The van der Waals surface area contributed by atoms with Gasteiger partial charge in [-0.05, 0) is 55.2 Å². The summed E-state index contributed by atoms with van der Waals surface area (Å²) < 4.78 is 5.27. The second-order valence-corrected chi connectivity index (χ2v) is 6.39. The molecule has 3 aromatic rings. The zero-order valence-corrected chi connectivity index (χ0v) is 15.0. The largest absolute Gasteiger partial charge is 0.508 e. The summed E-state index contributed by atoms with van der Waals surface area (Å²) in [6.07, 6.45) is 0.982. The standard InChI is InChI=1S/C21H21NO5/c1-13-17-7-6-16(24)12-19(17)27-21(26)18(13)8-9-20(25)22-15-4-2-14(3-5-15)10-11-23/h2-7,12,23-24H,8-11H2,1H3,(H,22,25). The number of aliphatic hydroxyl groups is 1. The quantitative estimate of drug-likeness (QED) is 0.582. The molecular formula is C21H21NO5. The van der Waals surface area contributed by atoms with Crippen LogP contribution in [0.5, 0.6) is 5.75 Å². The van der Waals surface area contributed by atoms with E-state index in [0.717, 1.165) is 16.5 Å². The van der Waals surface area contributed by atoms with Gasteiger partial charge >= 0.3 is 5.63 Å². The molecule has 6 heteroatoms. The van der Waals surface area contributed by atoms with Crippen LogP contribution in [0.3, 0.4) is 0 Å². The molecule has 0 saturated carbocycles. The number of carbonyl (C=O) groups excluding carboxylic acids is 1. The Morgan fingerprint density at radius 3 is 2.56 bits per heavy atom. The number of amides is 1. The highest BCUT2D eigenvalue weighted by molar-refractivity contribution is 5.91. The van der Waals surface area contributed by atoms with E-state index >= 15 is 0 Å². The van der Waals surface area contributed by atoms with Gasteiger partial charge in [-0.1, -0.05) is 12.1 Å². The van der Waals surface area contributed by atoms with Gasteiger partial charge in [0.15, 0.2) is 0 Å². The highest BCUT2D eigenvalue weighted by atomic mass is 16.4. The molecule has 0 radical (unpaired) electrons. The second kappa shape index (κ2) is 8.05. The summed E-state index contributed by atoms with van der Waals surface area (Å²) in [6, 6.07) is 11.9. The van der Waals surface area contributed by atoms with Crippen LogP contribution in [-0.2, 0) is 17.6 Å². The molecule has 140 valence electrons. The first kappa shape index (κ1) is 18.7. The number of phenols is 1. The van der Waals surface area contributed by atoms with Gasteiger partial charge in [0, 0.05) is 35.7 Å². The Hall–Kier alpha value is -3.12. The van der Waals surface area contributed by atoms with Crippen LogP contribution < -0.4 is 10.9 Å². The molecule has 0 bridgehead atoms. The molecule has 0 aliphatic rings. The lowest BCUT2D eigenvalue weighted by atomic mass is 10.0. The summed E-state index contributed by atoms with van der Waals surface area (Å²) in [7, 11) is 0. The fourth-order valence-corrected chi connectivity index (χ4v) is 3.02. The van der Waals surface area contributed by atoms with Gasteiger partial charge in [-0.2, -0.15) is 0 Å². The van der Waals surface area contributed by atoms with E-state index in [1.54, 1.807) is 18.2 Å². The first-order valence-corrected chi connectivity index (χ1v) is 8.73. The number of benzene rings is 2. The Morgan fingerprint density at radius 2 is 1.85 bits per heavy atom. The number of anilines is 1. The van der Waals surface area contributed by atoms with Crippen molar-refractivity contribution < 1.29 is 19.4 Å². The SMILES string of the molecule is Cc1c(CCC(=O)Nc2ccc(CCO)cc2)c(=O)oc2cc(O)ccc12. The van der Waals surface area contributed by atoms with Crippen LogP contribution in [0.1, 0.15) is 23.1 Å². The summed E-state index contributed by atoms with van der Waals surface area (Å²) in [4.78, 5) is 24.4. The van der Waals surface area contributed by atoms with Gasteiger partial charge < -0.3 is 19.9 Å². The monoisotopic (exact) mass is 367 g/mol. The number of nitrogens with one attached hydrogen (secondary N) is 1. The van der Waals surface area contributed by atoms with Crippen LogP contribution in [0.4, 0.5) is 5.69 Å². The van der Waals surface area contributed by atoms with Gasteiger partial charge in [0.05, 0.1) is 0 Å². The lowest BCUT2D eigenvalue weighted by molar-refractivity contribution is -0.116. The van der Waals surface area contributed by atoms with Crippen molar-refractivity contribution in [1.29, 1.82) is 0 Å². The first-order chi connectivity index (χ1) is 13.0. The number of rotatable bonds is 6. The maximum absolute atomic E-state index is 12.2. The Labute approximate surface area is 156 Å². The maximum atomic E-state index is 12.2. The summed E-state index contributed by atoms with van der Waals surface area (Å²) in [6.45, 7) is 1.89. The number of aromatic hydroxyl groups is 1. The van der Waals surface area contributed by atoms with Crippen molar-refractivity contribution in [3.8, 4) is 5.75 Å². The highest BCUT2D eigenvalue weighted by Crippen LogP contribution is 2.24. The predicted octanol–water partition coefficient (Wildman–Crippen LogP) is 2.91. The number of aryl methyl sites for hydroxylation is 1. The Morgan fingerprint density at radius 1 is 1.11 bits per heavy atom. The van der Waals surface area contributed by atoms with Crippen LogP contribution in [0.15, 0.2) is 51.7 Å². The summed E-state index contributed by atoms with van der Waals surface area (Å²) in [5, 5.41) is 22.0. The maximum Gasteiger partial charge on any atom is 0.339 e. The molecule has 0 aliphatic heterocycles. The molecule has 0 aliphatic carbocycles. The van der Waals surface area contributed by atoms with E-state index in [9.17, 15) is 14.7 Å². The molecule has 0 unspecified atom stereocenters. The van der Waals surface area contributed by atoms with E-state index in [0.29, 0.717) is 23.3 Å². The van der Waals surface area contributed by atoms with E-state index < -0.39 is 5.63 Å². The molecule has 1 heterocycles. The van der Waals surface area contributed by atoms with Crippen molar-refractivity contribution in [2.24, 2.45) is 0 Å². The second-order valence-electron chi connectivity index (χ2n) is 6.39. The van der Waals surface area contributed by atoms with E-state index in [1.165, 1.54) is 12.1 Å². The molecule has 1 amide bonds. The lowest BCUT2D eigenvalue weighted by Gasteiger charge is -2.09. The molecule has 0 atom stereocenters. The average molecular weight is 367 g/mol. The third-order valence-electron chi connectivity index (χ3n) is 4.51. The molecular weight excluding hydrogens is 346 g/mol. The van der Waals surface area contributed by atoms with Gasteiger partial charge in [0.25, 0.3) is 0 Å². The normalized spacial score (nSPS) is 10.9. The third-order valence-corrected chi connectivity index (χ3v) is 4.51. The number of hydrogen-bond donors (Lipinski definition) is 3. The van der Waals surface area contributed by atoms with Crippen molar-refractivity contribution in [2.45, 2.75) is 26.2 Å². The van der Waals surface area contributed by atoms with Crippen molar-refractivity contribution in [3.05, 3.63) is 69.6 Å². The molecule has 27 heavy (non-hydrogen) atoms. The zero-order chi connectivity index (χ0) is 19.4. The van der Waals surface area contributed by atoms with Gasteiger partial charge in [0.1, 0.15) is 11.3 Å². The van der Waals surface area contributed by atoms with E-state index in [4.69, 9.17) is 9.52 Å². The Balaban J connectivity index is 1.70. The molecule has 3 rings (SSSR count). The van der Waals surface area contributed by atoms with Crippen molar-refractivity contribution in [3.63, 3.8) is 0 Å². The number of hydrogen-bond acceptors (Lipinski definition) is 5. The average Bonchev–Trinajstić information content (AvgIpc) is 2.63. The van der Waals surface area contributed by atoms with Crippen molar-refractivity contribution in [1.82, 2.24) is 0 Å². The molecule has 3 N–H and O–H groups in total. The molecule has 0 fully saturated rings. The fraction of sp³-hybridized carbons (Fsp3) is 0.238. The fourth-order valence-electron chi connectivity index (χ4n) is 3.02. The van der Waals surface area contributed by atoms with Crippen molar-refractivity contribution in [2.75, 3.05) is 11.9 Å². The Kier molecular flexibility index (Phi) is 5.57. The van der Waals surface area contributed by atoms with Crippen molar-refractivity contribution >= 4 is 22.6 Å². The molecule has 0 saturated heterocycles. The molecule has 2 aromatic carbocycles. The minimum absolute atomic E-state index is 0.0298. The van der Waals surface area contributed by atoms with Gasteiger partial charge in [-0.3, -0.25) is 4.79 Å². The third kappa shape index (κ3) is 4.35. The van der Waals surface area contributed by atoms with Crippen LogP contribution >= 0.6 is 0 Å². The zero-order valence-electron chi connectivity index (χ0n) is 15.0. The predicted molar refractivity (Wildman–Crippen MR) is 103 cm³/mol. The Bertz CT molecular complexity index is 1020. The molecule has 1 aromatic heterocycles. The number of carbonyl (C=O) groups is 1. The summed E-state index contributed by atoms with van der Waals surface area (Å²) in [5.74, 6) is -0.170. The van der Waals surface area contributed by atoms with E-state index in [2.05, 4.69) is 5.32 Å². The van der Waals surface area contributed by atoms with Crippen LogP contribution in [0.2, 0.25) is 0 Å². The van der Waals surface area contributed by atoms with Gasteiger partial charge in [0.2, 0.25) is 5.91 Å². The van der Waals surface area contributed by atoms with E-state index in [1.807, 2.05) is 19.1 Å². The minimum Gasteiger partial charge on any atom is -0.508 e. The molecule has 6 nitrogen and oxygen atoms in total. The minimum atomic E-state index is -0.494. The number of fused-ring (bicyclic) bond motifs is 1. The smallest absolute Gasteiger partial charge is 0.339 e. The van der Waals surface area contributed by atoms with Gasteiger partial charge in [-0.25, -0.2) is 4.79 Å². The topological polar surface area (TPSA) is 99.8 Å². The van der Waals surface area contributed by atoms with Crippen LogP contribution in [0.25, 0.3) is 11.0 Å².